The van der Waals surface area contributed by atoms with Gasteiger partial charge < -0.3 is 30.7 Å². The molecule has 3 heterocycles. The van der Waals surface area contributed by atoms with E-state index in [9.17, 15) is 15.0 Å². The maximum atomic E-state index is 12.1. The highest BCUT2D eigenvalue weighted by Gasteiger charge is 2.44. The zero-order chi connectivity index (χ0) is 21.8. The van der Waals surface area contributed by atoms with E-state index in [2.05, 4.69) is 20.3 Å². The predicted molar refractivity (Wildman–Crippen MR) is 110 cm³/mol. The number of aromatic nitrogens is 4. The number of aliphatic hydroxyl groups is 2. The van der Waals surface area contributed by atoms with Crippen LogP contribution in [0.1, 0.15) is 19.1 Å². The van der Waals surface area contributed by atoms with Crippen molar-refractivity contribution in [3.05, 3.63) is 43.0 Å². The van der Waals surface area contributed by atoms with Crippen molar-refractivity contribution in [3.63, 3.8) is 0 Å². The number of rotatable bonds is 8. The van der Waals surface area contributed by atoms with Crippen molar-refractivity contribution in [2.45, 2.75) is 37.4 Å². The number of imidazole rings is 1. The van der Waals surface area contributed by atoms with Gasteiger partial charge >= 0.3 is 0 Å². The Morgan fingerprint density at radius 1 is 1.19 bits per heavy atom. The zero-order valence-electron chi connectivity index (χ0n) is 16.7. The fourth-order valence-corrected chi connectivity index (χ4v) is 3.43. The largest absolute Gasteiger partial charge is 0.494 e. The molecule has 1 fully saturated rings. The summed E-state index contributed by atoms with van der Waals surface area (Å²) in [7, 11) is 0. The number of carbonyl (C=O) groups excluding carboxylic acids is 1. The summed E-state index contributed by atoms with van der Waals surface area (Å²) in [6.45, 7) is 0.469. The summed E-state index contributed by atoms with van der Waals surface area (Å²) in [5, 5.41) is 23.5. The molecule has 0 bridgehead atoms. The summed E-state index contributed by atoms with van der Waals surface area (Å²) in [5.74, 6) is 0.764. The summed E-state index contributed by atoms with van der Waals surface area (Å²) >= 11 is 0. The molecule has 1 aliphatic heterocycles. The molecule has 1 amide bonds. The van der Waals surface area contributed by atoms with Gasteiger partial charge in [0.25, 0.3) is 0 Å². The molecule has 4 atom stereocenters. The van der Waals surface area contributed by atoms with Crippen LogP contribution in [-0.4, -0.2) is 67.1 Å². The van der Waals surface area contributed by atoms with Gasteiger partial charge in [0.1, 0.15) is 35.9 Å². The third kappa shape index (κ3) is 4.58. The summed E-state index contributed by atoms with van der Waals surface area (Å²) in [4.78, 5) is 24.3. The van der Waals surface area contributed by atoms with Crippen molar-refractivity contribution in [3.8, 4) is 5.75 Å². The average molecular weight is 428 g/mol. The lowest BCUT2D eigenvalue weighted by Gasteiger charge is -2.16. The Kier molecular flexibility index (Phi) is 6.26. The van der Waals surface area contributed by atoms with Crippen molar-refractivity contribution in [2.24, 2.45) is 0 Å². The Hall–Kier alpha value is -3.28. The molecule has 0 spiro atoms. The molecule has 1 aromatic carbocycles. The number of nitrogens with two attached hydrogens (primary N) is 1. The smallest absolute Gasteiger partial charge is 0.220 e. The van der Waals surface area contributed by atoms with E-state index in [1.165, 1.54) is 17.2 Å². The van der Waals surface area contributed by atoms with Gasteiger partial charge in [-0.05, 0) is 18.6 Å². The van der Waals surface area contributed by atoms with Gasteiger partial charge in [-0.3, -0.25) is 9.36 Å². The monoisotopic (exact) mass is 428 g/mol. The maximum absolute atomic E-state index is 12.1. The molecule has 11 heteroatoms. The van der Waals surface area contributed by atoms with Crippen LogP contribution in [0.2, 0.25) is 0 Å². The minimum Gasteiger partial charge on any atom is -0.494 e. The van der Waals surface area contributed by atoms with E-state index in [4.69, 9.17) is 15.2 Å². The second kappa shape index (κ2) is 9.25. The highest BCUT2D eigenvalue weighted by molar-refractivity contribution is 5.81. The normalized spacial score (nSPS) is 23.2. The van der Waals surface area contributed by atoms with Crippen LogP contribution >= 0.6 is 0 Å². The summed E-state index contributed by atoms with van der Waals surface area (Å²) < 4.78 is 12.8. The van der Waals surface area contributed by atoms with Crippen molar-refractivity contribution >= 4 is 22.9 Å². The Balaban J connectivity index is 1.27. The Bertz CT molecular complexity index is 1030. The van der Waals surface area contributed by atoms with Gasteiger partial charge in [0, 0.05) is 13.0 Å². The minimum absolute atomic E-state index is 0.0524. The maximum Gasteiger partial charge on any atom is 0.220 e. The van der Waals surface area contributed by atoms with Gasteiger partial charge in [-0.25, -0.2) is 15.0 Å². The lowest BCUT2D eigenvalue weighted by atomic mass is 10.1. The van der Waals surface area contributed by atoms with E-state index in [0.717, 1.165) is 5.75 Å². The topological polar surface area (TPSA) is 158 Å². The lowest BCUT2D eigenvalue weighted by molar-refractivity contribution is -0.122. The molecule has 0 unspecified atom stereocenters. The number of ether oxygens (including phenoxy) is 2. The number of amides is 1. The quantitative estimate of drug-likeness (QED) is 0.363. The third-order valence-corrected chi connectivity index (χ3v) is 5.06. The summed E-state index contributed by atoms with van der Waals surface area (Å²) in [5.41, 5.74) is 6.54. The third-order valence-electron chi connectivity index (χ3n) is 5.06. The molecular formula is C20H24N6O5. The van der Waals surface area contributed by atoms with Crippen LogP contribution in [0.5, 0.6) is 5.75 Å². The first-order valence-corrected chi connectivity index (χ1v) is 9.93. The number of aliphatic hydroxyl groups excluding tert-OH is 2. The van der Waals surface area contributed by atoms with Crippen molar-refractivity contribution < 1.29 is 24.5 Å². The van der Waals surface area contributed by atoms with E-state index in [1.54, 1.807) is 0 Å². The first-order chi connectivity index (χ1) is 15.0. The number of carbonyl (C=O) groups is 1. The number of hydrogen-bond donors (Lipinski definition) is 4. The molecule has 2 aromatic heterocycles. The van der Waals surface area contributed by atoms with Crippen LogP contribution < -0.4 is 15.8 Å². The number of nitrogen functional groups attached to an aromatic ring is 1. The van der Waals surface area contributed by atoms with E-state index in [-0.39, 0.29) is 24.7 Å². The Labute approximate surface area is 177 Å². The number of para-hydroxylation sites is 1. The molecule has 4 rings (SSSR count). The molecular weight excluding hydrogens is 404 g/mol. The Morgan fingerprint density at radius 3 is 2.81 bits per heavy atom. The van der Waals surface area contributed by atoms with E-state index < -0.39 is 24.5 Å². The SMILES string of the molecule is Nc1ncnc2c1ncn2[C@@H]1O[C@H](CNC(=O)CCCOc2ccccc2)[C@@H](O)[C@H]1O. The summed E-state index contributed by atoms with van der Waals surface area (Å²) in [6, 6.07) is 9.37. The van der Waals surface area contributed by atoms with E-state index in [0.29, 0.717) is 24.2 Å². The molecule has 31 heavy (non-hydrogen) atoms. The van der Waals surface area contributed by atoms with Crippen LogP contribution in [0.4, 0.5) is 5.82 Å². The van der Waals surface area contributed by atoms with Crippen LogP contribution in [-0.2, 0) is 9.53 Å². The first-order valence-electron chi connectivity index (χ1n) is 9.93. The number of nitrogens with zero attached hydrogens (tertiary/aromatic N) is 4. The van der Waals surface area contributed by atoms with Gasteiger partial charge in [-0.2, -0.15) is 0 Å². The minimum atomic E-state index is -1.23. The number of nitrogens with one attached hydrogen (secondary N) is 1. The molecule has 0 aliphatic carbocycles. The highest BCUT2D eigenvalue weighted by atomic mass is 16.6. The van der Waals surface area contributed by atoms with Gasteiger partial charge in [0.15, 0.2) is 17.7 Å². The summed E-state index contributed by atoms with van der Waals surface area (Å²) in [6.07, 6.45) is -0.613. The molecule has 0 radical (unpaired) electrons. The lowest BCUT2D eigenvalue weighted by Crippen LogP contribution is -2.39. The number of anilines is 1. The standard InChI is InChI=1S/C20H24N6O5/c21-18-15-19(24-10-23-18)26(11-25-15)20-17(29)16(28)13(31-20)9-22-14(27)7-4-8-30-12-5-2-1-3-6-12/h1-3,5-6,10-11,13,16-17,20,28-29H,4,7-9H2,(H,22,27)(H2,21,23,24)/t13-,16-,17-,20-/m1/s1. The van der Waals surface area contributed by atoms with Crippen molar-refractivity contribution in [2.75, 3.05) is 18.9 Å². The molecule has 1 aliphatic rings. The van der Waals surface area contributed by atoms with Crippen LogP contribution in [0.15, 0.2) is 43.0 Å². The van der Waals surface area contributed by atoms with Crippen LogP contribution in [0.3, 0.4) is 0 Å². The number of fused-ring (bicyclic) bond motifs is 1. The molecule has 164 valence electrons. The second-order valence-electron chi connectivity index (χ2n) is 7.20. The van der Waals surface area contributed by atoms with Gasteiger partial charge in [0.05, 0.1) is 12.9 Å². The van der Waals surface area contributed by atoms with Gasteiger partial charge in [-0.1, -0.05) is 18.2 Å². The first kappa shape index (κ1) is 21.0. The average Bonchev–Trinajstić information content (AvgIpc) is 3.33. The molecule has 11 nitrogen and oxygen atoms in total. The predicted octanol–water partition coefficient (Wildman–Crippen LogP) is 0.00310. The fraction of sp³-hybridized carbons (Fsp3) is 0.400. The fourth-order valence-electron chi connectivity index (χ4n) is 3.43. The molecule has 0 saturated carbocycles. The van der Waals surface area contributed by atoms with Gasteiger partial charge in [-0.15, -0.1) is 0 Å². The van der Waals surface area contributed by atoms with E-state index in [1.807, 2.05) is 30.3 Å². The van der Waals surface area contributed by atoms with Crippen molar-refractivity contribution in [1.82, 2.24) is 24.8 Å². The number of hydrogen-bond acceptors (Lipinski definition) is 9. The van der Waals surface area contributed by atoms with E-state index >= 15 is 0 Å². The van der Waals surface area contributed by atoms with Crippen LogP contribution in [0, 0.1) is 0 Å². The molecule has 5 N–H and O–H groups in total. The molecule has 3 aromatic rings. The van der Waals surface area contributed by atoms with Crippen LogP contribution in [0.25, 0.3) is 11.2 Å². The Morgan fingerprint density at radius 2 is 2.00 bits per heavy atom. The number of benzene rings is 1. The zero-order valence-corrected chi connectivity index (χ0v) is 16.7. The van der Waals surface area contributed by atoms with Gasteiger partial charge in [0.2, 0.25) is 5.91 Å². The van der Waals surface area contributed by atoms with Crippen molar-refractivity contribution in [1.29, 1.82) is 0 Å². The second-order valence-corrected chi connectivity index (χ2v) is 7.20. The highest BCUT2D eigenvalue weighted by Crippen LogP contribution is 2.31. The molecule has 1 saturated heterocycles.